The average molecular weight is 389 g/mol. The lowest BCUT2D eigenvalue weighted by atomic mass is 9.74. The molecule has 2 aliphatic rings. The fourth-order valence-corrected chi connectivity index (χ4v) is 5.35. The first-order valence-electron chi connectivity index (χ1n) is 10.5. The lowest BCUT2D eigenvalue weighted by Crippen LogP contribution is -2.44. The van der Waals surface area contributed by atoms with Crippen molar-refractivity contribution >= 4 is 10.9 Å². The topological polar surface area (TPSA) is 59.5 Å². The van der Waals surface area contributed by atoms with Crippen LogP contribution < -0.4 is 0 Å². The molecule has 3 N–H and O–H groups in total. The number of hydrogen-bond acceptors (Lipinski definition) is 3. The van der Waals surface area contributed by atoms with E-state index in [0.29, 0.717) is 18.2 Å². The molecule has 4 nitrogen and oxygen atoms in total. The number of rotatable bonds is 4. The zero-order valence-electron chi connectivity index (χ0n) is 16.7. The van der Waals surface area contributed by atoms with E-state index in [0.717, 1.165) is 43.8 Å². The Bertz CT molecular complexity index is 1070. The molecule has 29 heavy (non-hydrogen) atoms. The van der Waals surface area contributed by atoms with Crippen LogP contribution in [0.5, 0.6) is 5.75 Å². The molecule has 1 aromatic heterocycles. The molecule has 2 atom stereocenters. The molecule has 1 aliphatic carbocycles. The highest BCUT2D eigenvalue weighted by molar-refractivity contribution is 5.85. The molecule has 1 aliphatic heterocycles. The van der Waals surface area contributed by atoms with Crippen LogP contribution in [0.3, 0.4) is 0 Å². The minimum absolute atomic E-state index is 0.267. The summed E-state index contributed by atoms with van der Waals surface area (Å²) < 4.78 is 0. The number of piperidine rings is 1. The molecule has 2 aromatic carbocycles. The number of nitrogens with one attached hydrogen (secondary N) is 1. The van der Waals surface area contributed by atoms with Gasteiger partial charge in [-0.25, -0.2) is 0 Å². The molecule has 4 heteroatoms. The minimum atomic E-state index is 0.267. The van der Waals surface area contributed by atoms with Crippen molar-refractivity contribution in [3.8, 4) is 5.75 Å². The maximum absolute atomic E-state index is 9.74. The smallest absolute Gasteiger partial charge is 0.115 e. The monoisotopic (exact) mass is 388 g/mol. The van der Waals surface area contributed by atoms with Gasteiger partial charge in [-0.15, -0.1) is 0 Å². The van der Waals surface area contributed by atoms with Crippen molar-refractivity contribution in [3.05, 3.63) is 77.2 Å². The molecule has 0 amide bonds. The van der Waals surface area contributed by atoms with Crippen molar-refractivity contribution in [1.82, 2.24) is 9.88 Å². The largest absolute Gasteiger partial charge is 0.512 e. The molecular formula is C25H28N2O2. The van der Waals surface area contributed by atoms with Gasteiger partial charge in [0.1, 0.15) is 5.75 Å². The van der Waals surface area contributed by atoms with Crippen LogP contribution in [-0.2, 0) is 19.3 Å². The average Bonchev–Trinajstić information content (AvgIpc) is 3.03. The van der Waals surface area contributed by atoms with E-state index in [9.17, 15) is 10.2 Å². The van der Waals surface area contributed by atoms with Crippen LogP contribution in [0.25, 0.3) is 10.9 Å². The number of phenols is 1. The summed E-state index contributed by atoms with van der Waals surface area (Å²) in [5, 5.41) is 20.7. The Morgan fingerprint density at radius 1 is 1.10 bits per heavy atom. The van der Waals surface area contributed by atoms with E-state index in [1.54, 1.807) is 6.07 Å². The van der Waals surface area contributed by atoms with Crippen molar-refractivity contribution in [3.63, 3.8) is 0 Å². The third-order valence-corrected chi connectivity index (χ3v) is 6.69. The Balaban J connectivity index is 1.42. The first-order chi connectivity index (χ1) is 14.0. The van der Waals surface area contributed by atoms with Gasteiger partial charge in [0.25, 0.3) is 0 Å². The van der Waals surface area contributed by atoms with E-state index in [-0.39, 0.29) is 5.76 Å². The van der Waals surface area contributed by atoms with Crippen molar-refractivity contribution in [1.29, 1.82) is 0 Å². The van der Waals surface area contributed by atoms with Crippen molar-refractivity contribution < 1.29 is 10.2 Å². The molecule has 1 fully saturated rings. The number of aliphatic hydroxyl groups excluding tert-OH is 1. The van der Waals surface area contributed by atoms with Crippen LogP contribution in [0.2, 0.25) is 0 Å². The summed E-state index contributed by atoms with van der Waals surface area (Å²) in [4.78, 5) is 6.03. The molecule has 0 saturated carbocycles. The van der Waals surface area contributed by atoms with Gasteiger partial charge < -0.3 is 15.2 Å². The quantitative estimate of drug-likeness (QED) is 0.574. The Kier molecular flexibility index (Phi) is 4.59. The summed E-state index contributed by atoms with van der Waals surface area (Å²) in [6.45, 7) is 6.35. The summed E-state index contributed by atoms with van der Waals surface area (Å²) in [5.41, 5.74) is 6.52. The lowest BCUT2D eigenvalue weighted by molar-refractivity contribution is 0.110. The summed E-state index contributed by atoms with van der Waals surface area (Å²) in [6.07, 6.45) is 4.24. The Hall–Kier alpha value is -2.72. The van der Waals surface area contributed by atoms with E-state index in [1.165, 1.54) is 34.1 Å². The van der Waals surface area contributed by atoms with Gasteiger partial charge in [-0.1, -0.05) is 24.8 Å². The molecule has 150 valence electrons. The number of fused-ring (bicyclic) bond motifs is 4. The number of phenolic OH excluding ortho intramolecular Hbond substituents is 1. The maximum atomic E-state index is 9.74. The number of aromatic nitrogens is 1. The number of hydrogen-bond donors (Lipinski definition) is 3. The number of aliphatic hydroxyl groups is 1. The summed E-state index contributed by atoms with van der Waals surface area (Å²) in [5.74, 6) is 1.96. The zero-order chi connectivity index (χ0) is 20.0. The molecule has 1 saturated heterocycles. The number of nitrogens with zero attached hydrogens (tertiary/aromatic N) is 1. The van der Waals surface area contributed by atoms with Gasteiger partial charge in [0.2, 0.25) is 0 Å². The van der Waals surface area contributed by atoms with Crippen LogP contribution in [-0.4, -0.2) is 39.7 Å². The number of aromatic hydroxyl groups is 1. The number of benzene rings is 2. The predicted molar refractivity (Wildman–Crippen MR) is 116 cm³/mol. The second kappa shape index (κ2) is 7.27. The van der Waals surface area contributed by atoms with Crippen LogP contribution >= 0.6 is 0 Å². The summed E-state index contributed by atoms with van der Waals surface area (Å²) in [6, 6.07) is 14.2. The molecular weight excluding hydrogens is 360 g/mol. The summed E-state index contributed by atoms with van der Waals surface area (Å²) in [7, 11) is 0. The van der Waals surface area contributed by atoms with Crippen molar-refractivity contribution in [2.75, 3.05) is 19.6 Å². The van der Waals surface area contributed by atoms with E-state index in [1.807, 2.05) is 12.1 Å². The summed E-state index contributed by atoms with van der Waals surface area (Å²) >= 11 is 0. The Morgan fingerprint density at radius 2 is 1.97 bits per heavy atom. The van der Waals surface area contributed by atoms with Gasteiger partial charge in [-0.2, -0.15) is 0 Å². The highest BCUT2D eigenvalue weighted by Gasteiger charge is 2.35. The van der Waals surface area contributed by atoms with Gasteiger partial charge in [-0.3, -0.25) is 4.90 Å². The second-order valence-electron chi connectivity index (χ2n) is 8.83. The lowest BCUT2D eigenvalue weighted by Gasteiger charge is -2.41. The highest BCUT2D eigenvalue weighted by atomic mass is 16.3. The third kappa shape index (κ3) is 3.65. The SMILES string of the molecule is C=C(O)CN1CCC2Cc3[nH]c4ccc(Cc5cccc(O)c5)cc4c3CC2C1. The fraction of sp³-hybridized carbons (Fsp3) is 0.360. The molecule has 5 rings (SSSR count). The first-order valence-corrected chi connectivity index (χ1v) is 10.5. The van der Waals surface area contributed by atoms with Crippen LogP contribution in [0.15, 0.2) is 54.8 Å². The van der Waals surface area contributed by atoms with Crippen molar-refractivity contribution in [2.24, 2.45) is 11.8 Å². The van der Waals surface area contributed by atoms with Crippen LogP contribution in [0.4, 0.5) is 0 Å². The Labute approximate surface area is 171 Å². The van der Waals surface area contributed by atoms with E-state index < -0.39 is 0 Å². The van der Waals surface area contributed by atoms with E-state index in [2.05, 4.69) is 40.7 Å². The maximum Gasteiger partial charge on any atom is 0.115 e. The minimum Gasteiger partial charge on any atom is -0.512 e. The molecule has 3 aromatic rings. The first kappa shape index (κ1) is 18.3. The van der Waals surface area contributed by atoms with Crippen LogP contribution in [0.1, 0.15) is 28.8 Å². The molecule has 2 unspecified atom stereocenters. The standard InChI is InChI=1S/C25H28N2O2/c1-16(28)14-27-8-7-19-13-25-23(12-20(19)15-27)22-11-18(5-6-24(22)26-25)9-17-3-2-4-21(29)10-17/h2-6,10-11,19-20,26,28-29H,1,7-9,12-15H2. The fourth-order valence-electron chi connectivity index (χ4n) is 5.35. The number of aromatic amines is 1. The van der Waals surface area contributed by atoms with Gasteiger partial charge >= 0.3 is 0 Å². The molecule has 0 bridgehead atoms. The van der Waals surface area contributed by atoms with Crippen LogP contribution in [0, 0.1) is 11.8 Å². The van der Waals surface area contributed by atoms with Gasteiger partial charge in [0, 0.05) is 23.1 Å². The third-order valence-electron chi connectivity index (χ3n) is 6.69. The normalized spacial score (nSPS) is 21.7. The number of H-pyrrole nitrogens is 1. The van der Waals surface area contributed by atoms with Gasteiger partial charge in [-0.05, 0) is 85.0 Å². The van der Waals surface area contributed by atoms with Gasteiger partial charge in [0.15, 0.2) is 0 Å². The second-order valence-corrected chi connectivity index (χ2v) is 8.83. The zero-order valence-corrected chi connectivity index (χ0v) is 16.7. The molecule has 2 heterocycles. The molecule has 0 spiro atoms. The van der Waals surface area contributed by atoms with Gasteiger partial charge in [0.05, 0.1) is 12.3 Å². The highest BCUT2D eigenvalue weighted by Crippen LogP contribution is 2.39. The van der Waals surface area contributed by atoms with E-state index in [4.69, 9.17) is 0 Å². The predicted octanol–water partition coefficient (Wildman–Crippen LogP) is 4.57. The number of likely N-dealkylation sites (tertiary alicyclic amines) is 1. The van der Waals surface area contributed by atoms with E-state index >= 15 is 0 Å². The Morgan fingerprint density at radius 3 is 2.79 bits per heavy atom. The molecule has 0 radical (unpaired) electrons. The van der Waals surface area contributed by atoms with Crippen molar-refractivity contribution in [2.45, 2.75) is 25.7 Å².